The molecule has 7 nitrogen and oxygen atoms in total. The molecule has 0 radical (unpaired) electrons. The number of hydrogen-bond acceptors (Lipinski definition) is 5. The van der Waals surface area contributed by atoms with Crippen LogP contribution in [0.1, 0.15) is 32.6 Å². The molecule has 1 N–H and O–H groups in total. The van der Waals surface area contributed by atoms with E-state index in [1.165, 1.54) is 0 Å². The van der Waals surface area contributed by atoms with Gasteiger partial charge in [0.05, 0.1) is 18.4 Å². The Balaban J connectivity index is 1.63. The van der Waals surface area contributed by atoms with Gasteiger partial charge in [0.25, 0.3) is 5.91 Å². The number of likely N-dealkylation sites (tertiary alicyclic amines) is 1. The van der Waals surface area contributed by atoms with Crippen molar-refractivity contribution in [1.29, 1.82) is 0 Å². The Kier molecular flexibility index (Phi) is 4.27. The molecule has 2 aliphatic rings. The third kappa shape index (κ3) is 3.33. The van der Waals surface area contributed by atoms with Crippen molar-refractivity contribution in [3.05, 3.63) is 24.5 Å². The van der Waals surface area contributed by atoms with Crippen molar-refractivity contribution in [3.8, 4) is 0 Å². The first kappa shape index (κ1) is 15.5. The van der Waals surface area contributed by atoms with Gasteiger partial charge in [0.2, 0.25) is 5.91 Å². The molecule has 0 bridgehead atoms. The summed E-state index contributed by atoms with van der Waals surface area (Å²) in [6.45, 7) is 3.09. The van der Waals surface area contributed by atoms with Crippen LogP contribution in [-0.2, 0) is 14.4 Å². The van der Waals surface area contributed by atoms with Gasteiger partial charge in [-0.15, -0.1) is 0 Å². The zero-order chi connectivity index (χ0) is 16.3. The highest BCUT2D eigenvalue weighted by Crippen LogP contribution is 2.33. The Morgan fingerprint density at radius 1 is 1.48 bits per heavy atom. The summed E-state index contributed by atoms with van der Waals surface area (Å²) < 4.78 is 0. The fourth-order valence-electron chi connectivity index (χ4n) is 3.04. The summed E-state index contributed by atoms with van der Waals surface area (Å²) in [6.07, 6.45) is 5.78. The zero-order valence-corrected chi connectivity index (χ0v) is 13.1. The highest BCUT2D eigenvalue weighted by atomic mass is 16.7. The van der Waals surface area contributed by atoms with Gasteiger partial charge in [-0.25, -0.2) is 0 Å². The molecule has 2 aliphatic heterocycles. The zero-order valence-electron chi connectivity index (χ0n) is 13.1. The molecule has 1 fully saturated rings. The molecule has 0 unspecified atom stereocenters. The van der Waals surface area contributed by atoms with Crippen LogP contribution in [0.2, 0.25) is 0 Å². The minimum absolute atomic E-state index is 0.112. The van der Waals surface area contributed by atoms with E-state index in [4.69, 9.17) is 4.84 Å². The maximum absolute atomic E-state index is 12.3. The number of nitrogens with zero attached hydrogens (tertiary/aromatic N) is 3. The Morgan fingerprint density at radius 3 is 3.09 bits per heavy atom. The molecule has 0 saturated carbocycles. The van der Waals surface area contributed by atoms with Crippen LogP contribution in [0.5, 0.6) is 0 Å². The largest absolute Gasteiger partial charge is 0.386 e. The number of anilines is 1. The molecule has 1 saturated heterocycles. The second-order valence-corrected chi connectivity index (χ2v) is 5.96. The number of hydrogen-bond donors (Lipinski definition) is 1. The lowest BCUT2D eigenvalue weighted by Crippen LogP contribution is -2.50. The Hall–Kier alpha value is -2.44. The van der Waals surface area contributed by atoms with Crippen LogP contribution < -0.4 is 5.32 Å². The van der Waals surface area contributed by atoms with E-state index in [0.29, 0.717) is 30.8 Å². The molecule has 7 heteroatoms. The van der Waals surface area contributed by atoms with Crippen molar-refractivity contribution in [2.75, 3.05) is 18.4 Å². The second kappa shape index (κ2) is 6.36. The first-order valence-electron chi connectivity index (χ1n) is 7.86. The third-order valence-corrected chi connectivity index (χ3v) is 4.22. The van der Waals surface area contributed by atoms with Crippen LogP contribution in [0.4, 0.5) is 5.69 Å². The maximum atomic E-state index is 12.3. The van der Waals surface area contributed by atoms with E-state index in [1.807, 2.05) is 6.92 Å². The third-order valence-electron chi connectivity index (χ3n) is 4.22. The number of pyridine rings is 1. The molecule has 23 heavy (non-hydrogen) atoms. The fraction of sp³-hybridized carbons (Fsp3) is 0.500. The highest BCUT2D eigenvalue weighted by molar-refractivity contribution is 6.43. The average molecular weight is 316 g/mol. The molecule has 1 aromatic heterocycles. The van der Waals surface area contributed by atoms with E-state index in [0.717, 1.165) is 19.4 Å². The first-order valence-corrected chi connectivity index (χ1v) is 7.86. The predicted octanol–water partition coefficient (Wildman–Crippen LogP) is 1.57. The minimum Gasteiger partial charge on any atom is -0.386 e. The molecule has 122 valence electrons. The summed E-state index contributed by atoms with van der Waals surface area (Å²) in [5.41, 5.74) is 0.428. The summed E-state index contributed by atoms with van der Waals surface area (Å²) >= 11 is 0. The first-order chi connectivity index (χ1) is 11.1. The number of carbonyl (C=O) groups excluding carboxylic acids is 2. The van der Waals surface area contributed by atoms with Gasteiger partial charge in [-0.3, -0.25) is 14.6 Å². The number of rotatable bonds is 3. The minimum atomic E-state index is -0.551. The van der Waals surface area contributed by atoms with Gasteiger partial charge in [0, 0.05) is 25.6 Å². The van der Waals surface area contributed by atoms with Crippen LogP contribution in [0, 0.1) is 0 Å². The van der Waals surface area contributed by atoms with Crippen LogP contribution >= 0.6 is 0 Å². The van der Waals surface area contributed by atoms with E-state index in [2.05, 4.69) is 15.5 Å². The van der Waals surface area contributed by atoms with Crippen LogP contribution in [0.15, 0.2) is 29.7 Å². The number of carbonyl (C=O) groups is 2. The molecular formula is C16H20N4O3. The molecule has 3 heterocycles. The summed E-state index contributed by atoms with van der Waals surface area (Å²) in [5.74, 6) is -0.172. The summed E-state index contributed by atoms with van der Waals surface area (Å²) in [4.78, 5) is 35.6. The quantitative estimate of drug-likeness (QED) is 0.917. The van der Waals surface area contributed by atoms with Gasteiger partial charge in [-0.2, -0.15) is 0 Å². The average Bonchev–Trinajstić information content (AvgIpc) is 2.98. The van der Waals surface area contributed by atoms with Crippen molar-refractivity contribution in [2.24, 2.45) is 5.16 Å². The molecule has 1 spiro atoms. The SMILES string of the molecule is CCC(=O)N1CCC[C@]2(CC(C(=O)Nc3cccnc3)=NO2)C1. The number of amides is 2. The lowest BCUT2D eigenvalue weighted by molar-refractivity contribution is -0.140. The van der Waals surface area contributed by atoms with Gasteiger partial charge >= 0.3 is 0 Å². The Bertz CT molecular complexity index is 631. The van der Waals surface area contributed by atoms with E-state index >= 15 is 0 Å². The standard InChI is InChI=1S/C16H20N4O3/c1-2-14(21)20-8-4-6-16(11-20)9-13(19-23-16)15(22)18-12-5-3-7-17-10-12/h3,5,7,10H,2,4,6,8-9,11H2,1H3,(H,18,22)/t16-/m0/s1. The van der Waals surface area contributed by atoms with Gasteiger partial charge in [0.1, 0.15) is 5.71 Å². The van der Waals surface area contributed by atoms with E-state index in [1.54, 1.807) is 29.4 Å². The summed E-state index contributed by atoms with van der Waals surface area (Å²) in [6, 6.07) is 3.51. The summed E-state index contributed by atoms with van der Waals surface area (Å²) in [5, 5.41) is 6.73. The van der Waals surface area contributed by atoms with Crippen LogP contribution in [0.25, 0.3) is 0 Å². The number of oxime groups is 1. The molecule has 1 aromatic rings. The highest BCUT2D eigenvalue weighted by Gasteiger charge is 2.45. The molecule has 0 aliphatic carbocycles. The van der Waals surface area contributed by atoms with Crippen molar-refractivity contribution in [2.45, 2.75) is 38.2 Å². The predicted molar refractivity (Wildman–Crippen MR) is 84.8 cm³/mol. The topological polar surface area (TPSA) is 83.9 Å². The fourth-order valence-corrected chi connectivity index (χ4v) is 3.04. The van der Waals surface area contributed by atoms with Crippen molar-refractivity contribution in [1.82, 2.24) is 9.88 Å². The van der Waals surface area contributed by atoms with Crippen molar-refractivity contribution < 1.29 is 14.4 Å². The second-order valence-electron chi connectivity index (χ2n) is 5.96. The van der Waals surface area contributed by atoms with E-state index < -0.39 is 5.60 Å². The Morgan fingerprint density at radius 2 is 2.35 bits per heavy atom. The normalized spacial score (nSPS) is 23.3. The van der Waals surface area contributed by atoms with Crippen LogP contribution in [0.3, 0.4) is 0 Å². The molecular weight excluding hydrogens is 296 g/mol. The molecule has 2 amide bonds. The lowest BCUT2D eigenvalue weighted by atomic mass is 9.88. The number of aromatic nitrogens is 1. The Labute approximate surface area is 134 Å². The van der Waals surface area contributed by atoms with E-state index in [9.17, 15) is 9.59 Å². The van der Waals surface area contributed by atoms with Gasteiger partial charge < -0.3 is 15.1 Å². The van der Waals surface area contributed by atoms with Crippen molar-refractivity contribution in [3.63, 3.8) is 0 Å². The number of nitrogens with one attached hydrogen (secondary N) is 1. The lowest BCUT2D eigenvalue weighted by Gasteiger charge is -2.38. The van der Waals surface area contributed by atoms with Crippen LogP contribution in [-0.4, -0.2) is 46.1 Å². The smallest absolute Gasteiger partial charge is 0.273 e. The molecule has 1 atom stereocenters. The maximum Gasteiger partial charge on any atom is 0.273 e. The number of piperidine rings is 1. The van der Waals surface area contributed by atoms with E-state index in [-0.39, 0.29) is 11.8 Å². The molecule has 0 aromatic carbocycles. The monoisotopic (exact) mass is 316 g/mol. The van der Waals surface area contributed by atoms with Crippen molar-refractivity contribution >= 4 is 23.2 Å². The summed E-state index contributed by atoms with van der Waals surface area (Å²) in [7, 11) is 0. The van der Waals surface area contributed by atoms with Gasteiger partial charge in [-0.1, -0.05) is 12.1 Å². The molecule has 3 rings (SSSR count). The van der Waals surface area contributed by atoms with Gasteiger partial charge in [0.15, 0.2) is 5.60 Å². The van der Waals surface area contributed by atoms with Gasteiger partial charge in [-0.05, 0) is 25.0 Å².